The second-order valence-corrected chi connectivity index (χ2v) is 4.51. The maximum Gasteiger partial charge on any atom is 0.412 e. The van der Waals surface area contributed by atoms with Gasteiger partial charge in [0.1, 0.15) is 11.9 Å². The number of ether oxygens (including phenoxy) is 2. The molecule has 0 aliphatic rings. The number of nitrogens with one attached hydrogen (secondary N) is 1. The Bertz CT molecular complexity index is 680. The third kappa shape index (κ3) is 4.60. The van der Waals surface area contributed by atoms with E-state index in [1.165, 1.54) is 12.1 Å². The summed E-state index contributed by atoms with van der Waals surface area (Å²) >= 11 is 0. The molecule has 1 aromatic carbocycles. The van der Waals surface area contributed by atoms with Crippen molar-refractivity contribution in [2.75, 3.05) is 11.9 Å². The standard InChI is InChI=1S/C15H15F2N3O3/c1-3-22-15(21)20-13-12(17)8-18-14(19-13)23-9(2)10-4-6-11(16)7-5-10/h4-9H,3H2,1-2H3,(H,18,19,20,21). The van der Waals surface area contributed by atoms with E-state index in [2.05, 4.69) is 20.0 Å². The van der Waals surface area contributed by atoms with Crippen LogP contribution in [0.1, 0.15) is 25.5 Å². The Morgan fingerprint density at radius 3 is 2.65 bits per heavy atom. The summed E-state index contributed by atoms with van der Waals surface area (Å²) in [6.45, 7) is 3.47. The minimum Gasteiger partial charge on any atom is -0.456 e. The average molecular weight is 323 g/mol. The molecule has 1 heterocycles. The molecule has 0 saturated heterocycles. The van der Waals surface area contributed by atoms with Gasteiger partial charge >= 0.3 is 12.1 Å². The maximum atomic E-state index is 13.6. The van der Waals surface area contributed by atoms with Crippen LogP contribution in [0.3, 0.4) is 0 Å². The highest BCUT2D eigenvalue weighted by Gasteiger charge is 2.14. The van der Waals surface area contributed by atoms with Gasteiger partial charge in [-0.15, -0.1) is 0 Å². The van der Waals surface area contributed by atoms with Crippen LogP contribution >= 0.6 is 0 Å². The Balaban J connectivity index is 2.10. The molecular weight excluding hydrogens is 308 g/mol. The van der Waals surface area contributed by atoms with Crippen molar-refractivity contribution in [1.82, 2.24) is 9.97 Å². The van der Waals surface area contributed by atoms with Gasteiger partial charge in [-0.25, -0.2) is 18.6 Å². The van der Waals surface area contributed by atoms with E-state index in [9.17, 15) is 13.6 Å². The molecule has 1 unspecified atom stereocenters. The quantitative estimate of drug-likeness (QED) is 0.912. The van der Waals surface area contributed by atoms with Crippen LogP contribution in [-0.2, 0) is 4.74 Å². The number of hydrogen-bond acceptors (Lipinski definition) is 5. The lowest BCUT2D eigenvalue weighted by atomic mass is 10.1. The monoisotopic (exact) mass is 323 g/mol. The van der Waals surface area contributed by atoms with Crippen LogP contribution in [0.25, 0.3) is 0 Å². The Morgan fingerprint density at radius 1 is 1.30 bits per heavy atom. The number of nitrogens with zero attached hydrogens (tertiary/aromatic N) is 2. The number of aromatic nitrogens is 2. The SMILES string of the molecule is CCOC(=O)Nc1nc(OC(C)c2ccc(F)cc2)ncc1F. The van der Waals surface area contributed by atoms with E-state index in [1.807, 2.05) is 0 Å². The minimum atomic E-state index is -0.831. The Labute approximate surface area is 131 Å². The largest absolute Gasteiger partial charge is 0.456 e. The molecular formula is C15H15F2N3O3. The number of rotatable bonds is 5. The number of benzene rings is 1. The average Bonchev–Trinajstić information content (AvgIpc) is 2.51. The summed E-state index contributed by atoms with van der Waals surface area (Å²) in [4.78, 5) is 18.8. The van der Waals surface area contributed by atoms with Gasteiger partial charge in [0.2, 0.25) is 0 Å². The van der Waals surface area contributed by atoms with E-state index in [0.29, 0.717) is 5.56 Å². The molecule has 0 spiro atoms. The first kappa shape index (κ1) is 16.6. The van der Waals surface area contributed by atoms with Crippen molar-refractivity contribution >= 4 is 11.9 Å². The molecule has 0 aliphatic heterocycles. The molecule has 0 fully saturated rings. The third-order valence-electron chi connectivity index (χ3n) is 2.84. The summed E-state index contributed by atoms with van der Waals surface area (Å²) in [5.41, 5.74) is 0.694. The van der Waals surface area contributed by atoms with Gasteiger partial charge in [0.05, 0.1) is 12.8 Å². The first-order valence-corrected chi connectivity index (χ1v) is 6.88. The second kappa shape index (κ2) is 7.48. The van der Waals surface area contributed by atoms with Crippen LogP contribution in [0, 0.1) is 11.6 Å². The van der Waals surface area contributed by atoms with E-state index < -0.39 is 18.0 Å². The summed E-state index contributed by atoms with van der Waals surface area (Å²) in [5.74, 6) is -1.53. The van der Waals surface area contributed by atoms with Crippen molar-refractivity contribution in [2.45, 2.75) is 20.0 Å². The topological polar surface area (TPSA) is 73.3 Å². The van der Waals surface area contributed by atoms with Crippen LogP contribution in [0.15, 0.2) is 30.5 Å². The maximum absolute atomic E-state index is 13.6. The summed E-state index contributed by atoms with van der Waals surface area (Å²) in [7, 11) is 0. The summed E-state index contributed by atoms with van der Waals surface area (Å²) in [5, 5.41) is 2.16. The molecule has 2 aromatic rings. The number of carbonyl (C=O) groups excluding carboxylic acids is 1. The molecule has 0 radical (unpaired) electrons. The van der Waals surface area contributed by atoms with Gasteiger partial charge in [-0.3, -0.25) is 5.32 Å². The van der Waals surface area contributed by atoms with Crippen molar-refractivity contribution in [1.29, 1.82) is 0 Å². The zero-order valence-corrected chi connectivity index (χ0v) is 12.5. The molecule has 2 rings (SSSR count). The van der Waals surface area contributed by atoms with Crippen LogP contribution in [-0.4, -0.2) is 22.7 Å². The van der Waals surface area contributed by atoms with E-state index in [4.69, 9.17) is 4.74 Å². The van der Waals surface area contributed by atoms with E-state index >= 15 is 0 Å². The Kier molecular flexibility index (Phi) is 5.40. The highest BCUT2D eigenvalue weighted by atomic mass is 19.1. The summed E-state index contributed by atoms with van der Waals surface area (Å²) in [6, 6.07) is 5.58. The highest BCUT2D eigenvalue weighted by molar-refractivity contribution is 5.83. The number of carbonyl (C=O) groups is 1. The fraction of sp³-hybridized carbons (Fsp3) is 0.267. The zero-order chi connectivity index (χ0) is 16.8. The molecule has 23 heavy (non-hydrogen) atoms. The van der Waals surface area contributed by atoms with Crippen LogP contribution in [0.4, 0.5) is 19.4 Å². The molecule has 1 amide bonds. The smallest absolute Gasteiger partial charge is 0.412 e. The lowest BCUT2D eigenvalue weighted by Crippen LogP contribution is -2.16. The fourth-order valence-corrected chi connectivity index (χ4v) is 1.72. The van der Waals surface area contributed by atoms with E-state index in [0.717, 1.165) is 6.20 Å². The lowest BCUT2D eigenvalue weighted by molar-refractivity contribution is 0.167. The Morgan fingerprint density at radius 2 is 2.00 bits per heavy atom. The molecule has 1 atom stereocenters. The predicted molar refractivity (Wildman–Crippen MR) is 78.1 cm³/mol. The highest BCUT2D eigenvalue weighted by Crippen LogP contribution is 2.21. The Hall–Kier alpha value is -2.77. The molecule has 0 saturated carbocycles. The van der Waals surface area contributed by atoms with Crippen molar-refractivity contribution in [2.24, 2.45) is 0 Å². The van der Waals surface area contributed by atoms with E-state index in [1.54, 1.807) is 26.0 Å². The molecule has 0 bridgehead atoms. The number of halogens is 2. The van der Waals surface area contributed by atoms with Gasteiger partial charge in [-0.2, -0.15) is 4.98 Å². The molecule has 122 valence electrons. The number of amides is 1. The normalized spacial score (nSPS) is 11.7. The zero-order valence-electron chi connectivity index (χ0n) is 12.5. The lowest BCUT2D eigenvalue weighted by Gasteiger charge is -2.14. The predicted octanol–water partition coefficient (Wildman–Crippen LogP) is 3.46. The number of hydrogen-bond donors (Lipinski definition) is 1. The van der Waals surface area contributed by atoms with Crippen LogP contribution < -0.4 is 10.1 Å². The van der Waals surface area contributed by atoms with Gasteiger partial charge in [0.15, 0.2) is 11.6 Å². The van der Waals surface area contributed by atoms with Gasteiger partial charge in [-0.1, -0.05) is 12.1 Å². The van der Waals surface area contributed by atoms with Crippen molar-refractivity contribution < 1.29 is 23.0 Å². The van der Waals surface area contributed by atoms with Crippen molar-refractivity contribution in [3.05, 3.63) is 47.7 Å². The van der Waals surface area contributed by atoms with Crippen molar-refractivity contribution in [3.63, 3.8) is 0 Å². The molecule has 1 aromatic heterocycles. The molecule has 0 aliphatic carbocycles. The van der Waals surface area contributed by atoms with Crippen LogP contribution in [0.2, 0.25) is 0 Å². The first-order chi connectivity index (χ1) is 11.0. The molecule has 6 nitrogen and oxygen atoms in total. The molecule has 8 heteroatoms. The number of anilines is 1. The molecule has 1 N–H and O–H groups in total. The second-order valence-electron chi connectivity index (χ2n) is 4.51. The van der Waals surface area contributed by atoms with Gasteiger partial charge in [-0.05, 0) is 31.5 Å². The fourth-order valence-electron chi connectivity index (χ4n) is 1.72. The first-order valence-electron chi connectivity index (χ1n) is 6.88. The van der Waals surface area contributed by atoms with Crippen molar-refractivity contribution in [3.8, 4) is 6.01 Å². The minimum absolute atomic E-state index is 0.130. The van der Waals surface area contributed by atoms with Gasteiger partial charge in [0.25, 0.3) is 0 Å². The third-order valence-corrected chi connectivity index (χ3v) is 2.84. The van der Waals surface area contributed by atoms with Crippen LogP contribution in [0.5, 0.6) is 6.01 Å². The van der Waals surface area contributed by atoms with E-state index in [-0.39, 0.29) is 24.3 Å². The summed E-state index contributed by atoms with van der Waals surface area (Å²) < 4.78 is 36.6. The summed E-state index contributed by atoms with van der Waals surface area (Å²) in [6.07, 6.45) is -0.444. The van der Waals surface area contributed by atoms with Gasteiger partial charge in [0, 0.05) is 0 Å². The van der Waals surface area contributed by atoms with Gasteiger partial charge < -0.3 is 9.47 Å².